The van der Waals surface area contributed by atoms with Crippen LogP contribution in [-0.4, -0.2) is 17.5 Å². The van der Waals surface area contributed by atoms with E-state index in [2.05, 4.69) is 19.3 Å². The highest BCUT2D eigenvalue weighted by atomic mass is 32.2. The van der Waals surface area contributed by atoms with E-state index in [1.54, 1.807) is 0 Å². The molecule has 1 aliphatic rings. The van der Waals surface area contributed by atoms with Gasteiger partial charge in [0.1, 0.15) is 0 Å². The van der Waals surface area contributed by atoms with E-state index in [4.69, 9.17) is 5.84 Å². The van der Waals surface area contributed by atoms with Crippen LogP contribution < -0.4 is 11.3 Å². The lowest BCUT2D eigenvalue weighted by molar-refractivity contribution is 0.393. The molecule has 0 radical (unpaired) electrons. The van der Waals surface area contributed by atoms with E-state index in [0.717, 1.165) is 11.8 Å². The highest BCUT2D eigenvalue weighted by Gasteiger charge is 2.23. The quantitative estimate of drug-likeness (QED) is 0.529. The first-order chi connectivity index (χ1) is 6.74. The molecule has 1 saturated carbocycles. The van der Waals surface area contributed by atoms with Crippen molar-refractivity contribution in [3.63, 3.8) is 0 Å². The summed E-state index contributed by atoms with van der Waals surface area (Å²) in [6.45, 7) is 4.54. The number of nitrogens with two attached hydrogens (primary N) is 1. The van der Waals surface area contributed by atoms with Gasteiger partial charge in [0.05, 0.1) is 0 Å². The molecule has 0 bridgehead atoms. The smallest absolute Gasteiger partial charge is 0.0329 e. The average molecular weight is 216 g/mol. The summed E-state index contributed by atoms with van der Waals surface area (Å²) < 4.78 is 0. The molecule has 3 heteroatoms. The monoisotopic (exact) mass is 216 g/mol. The maximum atomic E-state index is 5.61. The lowest BCUT2D eigenvalue weighted by Crippen LogP contribution is -2.42. The summed E-state index contributed by atoms with van der Waals surface area (Å²) >= 11 is 2.04. The van der Waals surface area contributed by atoms with Crippen LogP contribution in [0.3, 0.4) is 0 Å². The molecule has 0 saturated heterocycles. The third-order valence-corrected chi connectivity index (χ3v) is 4.43. The molecule has 3 N–H and O–H groups in total. The molecular weight excluding hydrogens is 192 g/mol. The molecule has 0 aromatic rings. The normalized spacial score (nSPS) is 20.6. The summed E-state index contributed by atoms with van der Waals surface area (Å²) in [5, 5.41) is 0. The Morgan fingerprint density at radius 1 is 1.29 bits per heavy atom. The van der Waals surface area contributed by atoms with E-state index in [1.807, 2.05) is 11.8 Å². The Hall–Kier alpha value is 0.270. The van der Waals surface area contributed by atoms with Gasteiger partial charge in [0.25, 0.3) is 0 Å². The molecule has 14 heavy (non-hydrogen) atoms. The molecule has 0 heterocycles. The number of hydrogen-bond acceptors (Lipinski definition) is 3. The Kier molecular flexibility index (Phi) is 5.90. The van der Waals surface area contributed by atoms with Crippen LogP contribution in [-0.2, 0) is 0 Å². The first-order valence-corrected chi connectivity index (χ1v) is 6.93. The van der Waals surface area contributed by atoms with Crippen LogP contribution in [0.15, 0.2) is 0 Å². The van der Waals surface area contributed by atoms with E-state index in [0.29, 0.717) is 6.04 Å². The van der Waals surface area contributed by atoms with Gasteiger partial charge in [0.2, 0.25) is 0 Å². The number of hydrogen-bond donors (Lipinski definition) is 2. The minimum absolute atomic E-state index is 0.543. The first kappa shape index (κ1) is 12.3. The molecule has 0 amide bonds. The molecule has 0 aromatic heterocycles. The maximum absolute atomic E-state index is 5.61. The van der Waals surface area contributed by atoms with Crippen molar-refractivity contribution in [2.75, 3.05) is 11.5 Å². The average Bonchev–Trinajstić information content (AvgIpc) is 2.64. The Balaban J connectivity index is 2.17. The lowest BCUT2D eigenvalue weighted by Gasteiger charge is -2.22. The van der Waals surface area contributed by atoms with Crippen molar-refractivity contribution >= 4 is 11.8 Å². The van der Waals surface area contributed by atoms with Gasteiger partial charge >= 0.3 is 0 Å². The second kappa shape index (κ2) is 6.70. The van der Waals surface area contributed by atoms with Crippen LogP contribution >= 0.6 is 11.8 Å². The van der Waals surface area contributed by atoms with Crippen molar-refractivity contribution in [1.82, 2.24) is 5.43 Å². The second-order valence-electron chi connectivity index (χ2n) is 4.75. The van der Waals surface area contributed by atoms with Crippen LogP contribution in [0.25, 0.3) is 0 Å². The van der Waals surface area contributed by atoms with Gasteiger partial charge in [0, 0.05) is 11.8 Å². The summed E-state index contributed by atoms with van der Waals surface area (Å²) in [5.74, 6) is 9.67. The predicted molar refractivity (Wildman–Crippen MR) is 65.2 cm³/mol. The van der Waals surface area contributed by atoms with Gasteiger partial charge in [-0.2, -0.15) is 11.8 Å². The molecule has 1 fully saturated rings. The fourth-order valence-corrected chi connectivity index (χ4v) is 3.34. The Bertz CT molecular complexity index is 144. The van der Waals surface area contributed by atoms with Gasteiger partial charge in [-0.3, -0.25) is 11.3 Å². The Labute approximate surface area is 92.4 Å². The highest BCUT2D eigenvalue weighted by Crippen LogP contribution is 2.29. The minimum atomic E-state index is 0.543. The standard InChI is InChI=1S/C11H24N2S/c1-9(2)7-14-8-11(13-12)10-5-3-4-6-10/h9-11,13H,3-8,12H2,1-2H3. The van der Waals surface area contributed by atoms with Gasteiger partial charge in [-0.25, -0.2) is 0 Å². The Morgan fingerprint density at radius 3 is 2.43 bits per heavy atom. The molecule has 1 unspecified atom stereocenters. The van der Waals surface area contributed by atoms with Crippen LogP contribution in [0.5, 0.6) is 0 Å². The maximum Gasteiger partial charge on any atom is 0.0329 e. The summed E-state index contributed by atoms with van der Waals surface area (Å²) in [6, 6.07) is 0.543. The Morgan fingerprint density at radius 2 is 1.93 bits per heavy atom. The van der Waals surface area contributed by atoms with Gasteiger partial charge in [-0.1, -0.05) is 26.7 Å². The number of nitrogens with one attached hydrogen (secondary N) is 1. The van der Waals surface area contributed by atoms with Crippen molar-refractivity contribution in [2.45, 2.75) is 45.6 Å². The molecule has 1 aliphatic carbocycles. The predicted octanol–water partition coefficient (Wildman–Crippen LogP) is 2.40. The van der Waals surface area contributed by atoms with E-state index in [-0.39, 0.29) is 0 Å². The summed E-state index contributed by atoms with van der Waals surface area (Å²) in [4.78, 5) is 0. The van der Waals surface area contributed by atoms with E-state index < -0.39 is 0 Å². The third kappa shape index (κ3) is 4.20. The molecule has 84 valence electrons. The van der Waals surface area contributed by atoms with Gasteiger partial charge < -0.3 is 0 Å². The van der Waals surface area contributed by atoms with Crippen molar-refractivity contribution in [2.24, 2.45) is 17.7 Å². The number of thioether (sulfide) groups is 1. The van der Waals surface area contributed by atoms with E-state index in [1.165, 1.54) is 37.2 Å². The summed E-state index contributed by atoms with van der Waals surface area (Å²) in [7, 11) is 0. The largest absolute Gasteiger partial charge is 0.271 e. The highest BCUT2D eigenvalue weighted by molar-refractivity contribution is 7.99. The molecule has 0 aliphatic heterocycles. The fourth-order valence-electron chi connectivity index (χ4n) is 2.11. The van der Waals surface area contributed by atoms with E-state index in [9.17, 15) is 0 Å². The molecular formula is C11H24N2S. The lowest BCUT2D eigenvalue weighted by atomic mass is 10.0. The number of rotatable bonds is 6. The van der Waals surface area contributed by atoms with Crippen LogP contribution in [0.1, 0.15) is 39.5 Å². The van der Waals surface area contributed by atoms with Crippen LogP contribution in [0.2, 0.25) is 0 Å². The molecule has 0 aromatic carbocycles. The number of hydrazine groups is 1. The molecule has 2 nitrogen and oxygen atoms in total. The molecule has 0 spiro atoms. The van der Waals surface area contributed by atoms with Gasteiger partial charge in [-0.05, 0) is 30.4 Å². The zero-order chi connectivity index (χ0) is 10.4. The SMILES string of the molecule is CC(C)CSCC(NN)C1CCCC1. The molecule has 1 rings (SSSR count). The third-order valence-electron chi connectivity index (χ3n) is 2.93. The van der Waals surface area contributed by atoms with Gasteiger partial charge in [-0.15, -0.1) is 0 Å². The first-order valence-electron chi connectivity index (χ1n) is 5.78. The second-order valence-corrected chi connectivity index (χ2v) is 5.82. The fraction of sp³-hybridized carbons (Fsp3) is 1.00. The topological polar surface area (TPSA) is 38.0 Å². The van der Waals surface area contributed by atoms with Gasteiger partial charge in [0.15, 0.2) is 0 Å². The van der Waals surface area contributed by atoms with Crippen molar-refractivity contribution in [3.8, 4) is 0 Å². The van der Waals surface area contributed by atoms with Crippen LogP contribution in [0.4, 0.5) is 0 Å². The van der Waals surface area contributed by atoms with Crippen molar-refractivity contribution < 1.29 is 0 Å². The minimum Gasteiger partial charge on any atom is -0.271 e. The van der Waals surface area contributed by atoms with E-state index >= 15 is 0 Å². The van der Waals surface area contributed by atoms with Crippen molar-refractivity contribution in [1.29, 1.82) is 0 Å². The molecule has 1 atom stereocenters. The zero-order valence-corrected chi connectivity index (χ0v) is 10.3. The van der Waals surface area contributed by atoms with Crippen molar-refractivity contribution in [3.05, 3.63) is 0 Å². The summed E-state index contributed by atoms with van der Waals surface area (Å²) in [5.41, 5.74) is 3.00. The summed E-state index contributed by atoms with van der Waals surface area (Å²) in [6.07, 6.45) is 5.55. The zero-order valence-electron chi connectivity index (χ0n) is 9.46. The van der Waals surface area contributed by atoms with Crippen LogP contribution in [0, 0.1) is 11.8 Å².